The van der Waals surface area contributed by atoms with Crippen LogP contribution in [0.4, 0.5) is 0 Å². The van der Waals surface area contributed by atoms with Crippen molar-refractivity contribution in [3.8, 4) is 0 Å². The van der Waals surface area contributed by atoms with Crippen molar-refractivity contribution in [3.05, 3.63) is 10.9 Å². The predicted octanol–water partition coefficient (Wildman–Crippen LogP) is 5.12. The fourth-order valence-electron chi connectivity index (χ4n) is 2.13. The van der Waals surface area contributed by atoms with E-state index in [1.54, 1.807) is 0 Å². The maximum atomic E-state index is 6.55. The van der Waals surface area contributed by atoms with Crippen molar-refractivity contribution < 1.29 is 8.23 Å². The first-order valence-electron chi connectivity index (χ1n) is 7.14. The fraction of sp³-hybridized carbons (Fsp3) is 0.846. The van der Waals surface area contributed by atoms with E-state index < -0.39 is 33.3 Å². The van der Waals surface area contributed by atoms with Gasteiger partial charge in [0.05, 0.1) is 8.07 Å². The molecule has 0 spiro atoms. The van der Waals surface area contributed by atoms with Crippen LogP contribution in [-0.4, -0.2) is 33.3 Å². The molecule has 114 valence electrons. The second-order valence-electron chi connectivity index (χ2n) is 8.57. The second-order valence-corrected chi connectivity index (χ2v) is 26.4. The van der Waals surface area contributed by atoms with E-state index in [1.165, 1.54) is 5.20 Å². The Kier molecular flexibility index (Phi) is 6.28. The number of rotatable bonds is 6. The van der Waals surface area contributed by atoms with E-state index in [0.717, 1.165) is 0 Å². The van der Waals surface area contributed by atoms with Crippen LogP contribution in [0.1, 0.15) is 6.92 Å². The summed E-state index contributed by atoms with van der Waals surface area (Å²) in [6.07, 6.45) is 0. The van der Waals surface area contributed by atoms with Crippen LogP contribution in [0.25, 0.3) is 0 Å². The zero-order valence-electron chi connectivity index (χ0n) is 14.9. The molecule has 0 rings (SSSR count). The Morgan fingerprint density at radius 3 is 1.21 bits per heavy atom. The molecule has 19 heavy (non-hydrogen) atoms. The minimum absolute atomic E-state index is 1.24. The van der Waals surface area contributed by atoms with Crippen molar-refractivity contribution >= 4 is 33.3 Å². The lowest BCUT2D eigenvalue weighted by Crippen LogP contribution is -2.54. The van der Waals surface area contributed by atoms with Crippen molar-refractivity contribution in [2.75, 3.05) is 0 Å². The first-order chi connectivity index (χ1) is 8.04. The summed E-state index contributed by atoms with van der Waals surface area (Å²) in [5, 5.41) is 1.39. The van der Waals surface area contributed by atoms with Gasteiger partial charge >= 0.3 is 8.56 Å². The minimum atomic E-state index is -2.21. The predicted molar refractivity (Wildman–Crippen MR) is 97.6 cm³/mol. The van der Waals surface area contributed by atoms with Crippen molar-refractivity contribution in [3.63, 3.8) is 0 Å². The van der Waals surface area contributed by atoms with E-state index in [4.69, 9.17) is 8.23 Å². The van der Waals surface area contributed by atoms with Crippen molar-refractivity contribution in [1.82, 2.24) is 0 Å². The molecule has 0 aromatic carbocycles. The molecule has 0 bridgehead atoms. The second kappa shape index (κ2) is 6.11. The van der Waals surface area contributed by atoms with Crippen LogP contribution < -0.4 is 0 Å². The molecule has 0 radical (unpaired) electrons. The zero-order chi connectivity index (χ0) is 15.7. The Labute approximate surface area is 125 Å². The molecule has 0 aromatic rings. The van der Waals surface area contributed by atoms with Gasteiger partial charge in [-0.1, -0.05) is 25.3 Å². The summed E-state index contributed by atoms with van der Waals surface area (Å²) in [4.78, 5) is 0. The van der Waals surface area contributed by atoms with Gasteiger partial charge in [-0.15, -0.1) is 0 Å². The molecule has 0 N–H and O–H groups in total. The first kappa shape index (κ1) is 19.5. The average Bonchev–Trinajstić information content (AvgIpc) is 1.91. The number of hydrogen-bond donors (Lipinski definition) is 0. The lowest BCUT2D eigenvalue weighted by atomic mass is 10.7. The summed E-state index contributed by atoms with van der Waals surface area (Å²) < 4.78 is 13.1. The van der Waals surface area contributed by atoms with Gasteiger partial charge in [0.15, 0.2) is 16.6 Å². The first-order valence-corrected chi connectivity index (χ1v) is 19.9. The maximum Gasteiger partial charge on any atom is 0.343 e. The van der Waals surface area contributed by atoms with Gasteiger partial charge in [-0.2, -0.15) is 0 Å². The normalized spacial score (nSPS) is 15.8. The highest BCUT2D eigenvalue weighted by atomic mass is 28.5. The van der Waals surface area contributed by atoms with Gasteiger partial charge in [-0.3, -0.25) is 0 Å². The lowest BCUT2D eigenvalue weighted by Gasteiger charge is -2.39. The molecular formula is C13H34O2Si4. The van der Waals surface area contributed by atoms with Crippen molar-refractivity contribution in [2.45, 2.75) is 72.4 Å². The molecule has 0 aliphatic heterocycles. The number of hydrogen-bond acceptors (Lipinski definition) is 2. The van der Waals surface area contributed by atoms with E-state index in [1.807, 2.05) is 0 Å². The summed E-state index contributed by atoms with van der Waals surface area (Å²) in [6.45, 7) is 25.1. The fourth-order valence-corrected chi connectivity index (χ4v) is 17.0. The maximum absolute atomic E-state index is 6.55. The van der Waals surface area contributed by atoms with Crippen molar-refractivity contribution in [2.24, 2.45) is 0 Å². The van der Waals surface area contributed by atoms with Gasteiger partial charge in [-0.25, -0.2) is 0 Å². The van der Waals surface area contributed by atoms with Crippen LogP contribution in [0.2, 0.25) is 65.5 Å². The van der Waals surface area contributed by atoms with E-state index in [9.17, 15) is 0 Å². The molecule has 0 aliphatic rings. The standard InChI is InChI=1S/C13H34O2Si4/c1-13(12-16(2,3)4)19(11,14-17(5,6)7)15-18(8,9)10/h12H,1-11H3/b13-12+. The molecule has 0 amide bonds. The summed E-state index contributed by atoms with van der Waals surface area (Å²) >= 11 is 0. The van der Waals surface area contributed by atoms with E-state index in [0.29, 0.717) is 0 Å². The lowest BCUT2D eigenvalue weighted by molar-refractivity contribution is 0.398. The summed E-state index contributed by atoms with van der Waals surface area (Å²) in [7, 11) is -6.65. The van der Waals surface area contributed by atoms with Gasteiger partial charge in [-0.05, 0) is 57.9 Å². The quantitative estimate of drug-likeness (QED) is 0.627. The Bertz CT molecular complexity index is 316. The Hall–Kier alpha value is 0.528. The van der Waals surface area contributed by atoms with Gasteiger partial charge in [0.2, 0.25) is 0 Å². The minimum Gasteiger partial charge on any atom is -0.434 e. The Morgan fingerprint density at radius 2 is 1.00 bits per heavy atom. The molecular weight excluding hydrogens is 300 g/mol. The van der Waals surface area contributed by atoms with Crippen LogP contribution in [0.3, 0.4) is 0 Å². The van der Waals surface area contributed by atoms with E-state index >= 15 is 0 Å². The molecule has 0 aliphatic carbocycles. The molecule has 2 nitrogen and oxygen atoms in total. The van der Waals surface area contributed by atoms with Gasteiger partial charge in [0.1, 0.15) is 0 Å². The molecule has 6 heteroatoms. The number of allylic oxidation sites excluding steroid dienone is 1. The van der Waals surface area contributed by atoms with Gasteiger partial charge < -0.3 is 8.23 Å². The summed E-state index contributed by atoms with van der Waals surface area (Å²) in [5.74, 6) is 0. The highest BCUT2D eigenvalue weighted by Gasteiger charge is 2.42. The third-order valence-corrected chi connectivity index (χ3v) is 13.5. The van der Waals surface area contributed by atoms with Crippen LogP contribution in [0.15, 0.2) is 10.9 Å². The van der Waals surface area contributed by atoms with E-state index in [2.05, 4.69) is 78.1 Å². The zero-order valence-corrected chi connectivity index (χ0v) is 18.9. The smallest absolute Gasteiger partial charge is 0.343 e. The Morgan fingerprint density at radius 1 is 0.684 bits per heavy atom. The van der Waals surface area contributed by atoms with Gasteiger partial charge in [0.25, 0.3) is 0 Å². The SMILES string of the molecule is C/C(=C\[Si](C)(C)C)[Si](C)(O[Si](C)(C)C)O[Si](C)(C)C. The topological polar surface area (TPSA) is 18.5 Å². The van der Waals surface area contributed by atoms with Gasteiger partial charge in [0, 0.05) is 0 Å². The third-order valence-electron chi connectivity index (χ3n) is 2.37. The molecule has 0 unspecified atom stereocenters. The molecule has 0 aromatic heterocycles. The summed E-state index contributed by atoms with van der Waals surface area (Å²) in [6, 6.07) is 0. The van der Waals surface area contributed by atoms with Crippen LogP contribution in [-0.2, 0) is 8.23 Å². The van der Waals surface area contributed by atoms with Crippen LogP contribution in [0.5, 0.6) is 0 Å². The third kappa shape index (κ3) is 9.14. The van der Waals surface area contributed by atoms with Crippen LogP contribution in [0, 0.1) is 0 Å². The van der Waals surface area contributed by atoms with Crippen molar-refractivity contribution in [1.29, 1.82) is 0 Å². The molecule has 0 atom stereocenters. The largest absolute Gasteiger partial charge is 0.434 e. The highest BCUT2D eigenvalue weighted by Crippen LogP contribution is 2.27. The molecule has 0 heterocycles. The average molecular weight is 335 g/mol. The molecule has 0 saturated carbocycles. The summed E-state index contributed by atoms with van der Waals surface area (Å²) in [5.41, 5.74) is 2.47. The highest BCUT2D eigenvalue weighted by molar-refractivity contribution is 6.92. The molecule has 0 fully saturated rings. The monoisotopic (exact) mass is 334 g/mol. The van der Waals surface area contributed by atoms with Crippen LogP contribution >= 0.6 is 0 Å². The molecule has 0 saturated heterocycles. The Balaban J connectivity index is 5.46. The van der Waals surface area contributed by atoms with E-state index in [-0.39, 0.29) is 0 Å².